The van der Waals surface area contributed by atoms with Gasteiger partial charge in [0.15, 0.2) is 0 Å². The van der Waals surface area contributed by atoms with Crippen LogP contribution >= 0.6 is 11.8 Å². The Morgan fingerprint density at radius 3 is 2.54 bits per heavy atom. The van der Waals surface area contributed by atoms with E-state index in [4.69, 9.17) is 10.1 Å². The molecule has 0 aromatic heterocycles. The molecule has 0 aliphatic carbocycles. The second-order valence-corrected chi connectivity index (χ2v) is 3.63. The maximum absolute atomic E-state index is 7.37. The molecule has 1 N–H and O–H groups in total. The van der Waals surface area contributed by atoms with E-state index >= 15 is 0 Å². The summed E-state index contributed by atoms with van der Waals surface area (Å²) in [6, 6.07) is 7.84. The van der Waals surface area contributed by atoms with Crippen LogP contribution < -0.4 is 4.74 Å². The van der Waals surface area contributed by atoms with Gasteiger partial charge in [-0.3, -0.25) is 5.41 Å². The summed E-state index contributed by atoms with van der Waals surface area (Å²) in [7, 11) is 0. The number of ether oxygens (including phenoxy) is 1. The maximum Gasteiger partial charge on any atom is 0.136 e. The van der Waals surface area contributed by atoms with Crippen LogP contribution in [-0.4, -0.2) is 17.9 Å². The van der Waals surface area contributed by atoms with Gasteiger partial charge in [-0.25, -0.2) is 0 Å². The topological polar surface area (TPSA) is 33.1 Å². The zero-order valence-electron chi connectivity index (χ0n) is 7.83. The Balaban J connectivity index is 2.46. The van der Waals surface area contributed by atoms with Crippen LogP contribution in [0.3, 0.4) is 0 Å². The molecule has 1 rings (SSSR count). The van der Waals surface area contributed by atoms with Crippen LogP contribution in [0.25, 0.3) is 0 Å². The van der Waals surface area contributed by atoms with Crippen molar-refractivity contribution in [1.29, 1.82) is 5.41 Å². The fourth-order valence-electron chi connectivity index (χ4n) is 0.842. The molecule has 0 unspecified atom stereocenters. The highest BCUT2D eigenvalue weighted by atomic mass is 32.2. The summed E-state index contributed by atoms with van der Waals surface area (Å²) in [5.74, 6) is 0.824. The third-order valence-corrected chi connectivity index (χ3v) is 2.25. The zero-order chi connectivity index (χ0) is 9.68. The SMILES string of the molecule is CSC(=N)COc1ccc(C)cc1. The molecule has 0 saturated carbocycles. The van der Waals surface area contributed by atoms with Crippen molar-refractivity contribution in [2.45, 2.75) is 6.92 Å². The molecule has 70 valence electrons. The number of nitrogens with one attached hydrogen (secondary N) is 1. The summed E-state index contributed by atoms with van der Waals surface area (Å²) in [6.07, 6.45) is 1.88. The number of hydrogen-bond donors (Lipinski definition) is 1. The van der Waals surface area contributed by atoms with E-state index in [2.05, 4.69) is 0 Å². The first-order valence-corrected chi connectivity index (χ1v) is 5.25. The largest absolute Gasteiger partial charge is 0.487 e. The van der Waals surface area contributed by atoms with Crippen molar-refractivity contribution in [3.8, 4) is 5.75 Å². The molecule has 0 amide bonds. The molecular formula is C10H13NOS. The summed E-state index contributed by atoms with van der Waals surface area (Å²) in [5, 5.41) is 7.91. The van der Waals surface area contributed by atoms with Crippen LogP contribution in [0.15, 0.2) is 24.3 Å². The lowest BCUT2D eigenvalue weighted by Crippen LogP contribution is -2.05. The van der Waals surface area contributed by atoms with Crippen LogP contribution in [0.5, 0.6) is 5.75 Å². The molecule has 0 bridgehead atoms. The highest BCUT2D eigenvalue weighted by Crippen LogP contribution is 2.11. The smallest absolute Gasteiger partial charge is 0.136 e. The van der Waals surface area contributed by atoms with Gasteiger partial charge in [0.1, 0.15) is 17.4 Å². The molecule has 0 aliphatic heterocycles. The van der Waals surface area contributed by atoms with Crippen molar-refractivity contribution in [2.24, 2.45) is 0 Å². The van der Waals surface area contributed by atoms with Crippen molar-refractivity contribution in [2.75, 3.05) is 12.9 Å². The Morgan fingerprint density at radius 1 is 1.38 bits per heavy atom. The zero-order valence-corrected chi connectivity index (χ0v) is 8.65. The molecule has 13 heavy (non-hydrogen) atoms. The lowest BCUT2D eigenvalue weighted by molar-refractivity contribution is 0.378. The standard InChI is InChI=1S/C10H13NOS/c1-8-3-5-9(6-4-8)12-7-10(11)13-2/h3-6,11H,7H2,1-2H3. The monoisotopic (exact) mass is 195 g/mol. The average Bonchev–Trinajstić information content (AvgIpc) is 2.16. The van der Waals surface area contributed by atoms with E-state index < -0.39 is 0 Å². The lowest BCUT2D eigenvalue weighted by atomic mass is 10.2. The third kappa shape index (κ3) is 3.51. The molecule has 0 fully saturated rings. The minimum Gasteiger partial charge on any atom is -0.487 e. The second-order valence-electron chi connectivity index (χ2n) is 2.73. The van der Waals surface area contributed by atoms with Crippen molar-refractivity contribution in [3.05, 3.63) is 29.8 Å². The molecule has 0 atom stereocenters. The summed E-state index contributed by atoms with van der Waals surface area (Å²) in [6.45, 7) is 2.40. The molecule has 0 radical (unpaired) electrons. The minimum absolute atomic E-state index is 0.365. The van der Waals surface area contributed by atoms with Gasteiger partial charge in [0, 0.05) is 0 Å². The third-order valence-electron chi connectivity index (χ3n) is 1.64. The molecule has 0 aliphatic rings. The summed E-state index contributed by atoms with van der Waals surface area (Å²) < 4.78 is 5.37. The highest BCUT2D eigenvalue weighted by molar-refractivity contribution is 8.13. The van der Waals surface area contributed by atoms with Crippen LogP contribution in [0, 0.1) is 12.3 Å². The minimum atomic E-state index is 0.365. The fraction of sp³-hybridized carbons (Fsp3) is 0.300. The van der Waals surface area contributed by atoms with E-state index in [0.29, 0.717) is 11.7 Å². The molecular weight excluding hydrogens is 182 g/mol. The van der Waals surface area contributed by atoms with E-state index in [-0.39, 0.29) is 0 Å². The van der Waals surface area contributed by atoms with Crippen molar-refractivity contribution < 1.29 is 4.74 Å². The normalized spacial score (nSPS) is 9.69. The first-order valence-electron chi connectivity index (χ1n) is 4.03. The first-order chi connectivity index (χ1) is 6.22. The lowest BCUT2D eigenvalue weighted by Gasteiger charge is -2.05. The predicted molar refractivity (Wildman–Crippen MR) is 57.9 cm³/mol. The Morgan fingerprint density at radius 2 is 2.00 bits per heavy atom. The summed E-state index contributed by atoms with van der Waals surface area (Å²) in [4.78, 5) is 0. The van der Waals surface area contributed by atoms with Crippen LogP contribution in [0.4, 0.5) is 0 Å². The number of aryl methyl sites for hydroxylation is 1. The van der Waals surface area contributed by atoms with Gasteiger partial charge in [-0.2, -0.15) is 0 Å². The van der Waals surface area contributed by atoms with Crippen LogP contribution in [0.2, 0.25) is 0 Å². The van der Waals surface area contributed by atoms with E-state index in [9.17, 15) is 0 Å². The molecule has 0 saturated heterocycles. The van der Waals surface area contributed by atoms with Gasteiger partial charge in [0.2, 0.25) is 0 Å². The maximum atomic E-state index is 7.37. The van der Waals surface area contributed by atoms with Gasteiger partial charge in [-0.15, -0.1) is 11.8 Å². The van der Waals surface area contributed by atoms with Gasteiger partial charge in [-0.1, -0.05) is 17.7 Å². The van der Waals surface area contributed by atoms with Crippen LogP contribution in [-0.2, 0) is 0 Å². The summed E-state index contributed by atoms with van der Waals surface area (Å²) >= 11 is 1.41. The molecule has 0 spiro atoms. The van der Waals surface area contributed by atoms with E-state index in [1.165, 1.54) is 17.3 Å². The quantitative estimate of drug-likeness (QED) is 0.594. The van der Waals surface area contributed by atoms with Gasteiger partial charge in [0.25, 0.3) is 0 Å². The Labute approximate surface area is 82.8 Å². The van der Waals surface area contributed by atoms with Crippen molar-refractivity contribution >= 4 is 16.8 Å². The Bertz CT molecular complexity index is 281. The molecule has 2 nitrogen and oxygen atoms in total. The molecule has 0 heterocycles. The molecule has 1 aromatic rings. The van der Waals surface area contributed by atoms with Crippen LogP contribution in [0.1, 0.15) is 5.56 Å². The van der Waals surface area contributed by atoms with E-state index in [1.807, 2.05) is 37.4 Å². The van der Waals surface area contributed by atoms with Crippen molar-refractivity contribution in [1.82, 2.24) is 0 Å². The Kier molecular flexibility index (Phi) is 3.83. The van der Waals surface area contributed by atoms with Gasteiger partial charge in [0.05, 0.1) is 0 Å². The number of thioether (sulfide) groups is 1. The molecule has 3 heteroatoms. The highest BCUT2D eigenvalue weighted by Gasteiger charge is 1.96. The van der Waals surface area contributed by atoms with E-state index in [0.717, 1.165) is 5.75 Å². The van der Waals surface area contributed by atoms with E-state index in [1.54, 1.807) is 0 Å². The second kappa shape index (κ2) is 4.92. The predicted octanol–water partition coefficient (Wildman–Crippen LogP) is 2.71. The number of rotatable bonds is 3. The van der Waals surface area contributed by atoms with Gasteiger partial charge >= 0.3 is 0 Å². The Hall–Kier alpha value is -0.960. The first kappa shape index (κ1) is 10.1. The average molecular weight is 195 g/mol. The van der Waals surface area contributed by atoms with Crippen molar-refractivity contribution in [3.63, 3.8) is 0 Å². The summed E-state index contributed by atoms with van der Waals surface area (Å²) in [5.41, 5.74) is 1.22. The van der Waals surface area contributed by atoms with Gasteiger partial charge in [-0.05, 0) is 25.3 Å². The fourth-order valence-corrected chi connectivity index (χ4v) is 1.02. The van der Waals surface area contributed by atoms with Gasteiger partial charge < -0.3 is 4.74 Å². The number of hydrogen-bond acceptors (Lipinski definition) is 3. The molecule has 1 aromatic carbocycles. The number of benzene rings is 1.